The summed E-state index contributed by atoms with van der Waals surface area (Å²) >= 11 is 1.51. The molecule has 0 nitrogen and oxygen atoms in total. The van der Waals surface area contributed by atoms with Crippen LogP contribution in [0.4, 0.5) is 0 Å². The summed E-state index contributed by atoms with van der Waals surface area (Å²) in [4.78, 5) is 0. The van der Waals surface area contributed by atoms with Gasteiger partial charge in [0.1, 0.15) is 4.75 Å². The minimum atomic E-state index is -0.390. The van der Waals surface area contributed by atoms with E-state index in [0.29, 0.717) is 0 Å². The van der Waals surface area contributed by atoms with E-state index in [0.717, 1.165) is 0 Å². The molecule has 0 saturated carbocycles. The predicted molar refractivity (Wildman–Crippen MR) is 95.6 cm³/mol. The Balaban J connectivity index is 2.32. The molecule has 3 aromatic rings. The van der Waals surface area contributed by atoms with Crippen molar-refractivity contribution in [2.24, 2.45) is 0 Å². The van der Waals surface area contributed by atoms with Crippen molar-refractivity contribution in [1.29, 1.82) is 0 Å². The van der Waals surface area contributed by atoms with Gasteiger partial charge >= 0.3 is 0 Å². The van der Waals surface area contributed by atoms with Gasteiger partial charge < -0.3 is 0 Å². The second-order valence-electron chi connectivity index (χ2n) is 5.00. The van der Waals surface area contributed by atoms with Gasteiger partial charge in [0, 0.05) is 0 Å². The van der Waals surface area contributed by atoms with E-state index in [1.54, 1.807) is 0 Å². The lowest BCUT2D eigenvalue weighted by Crippen LogP contribution is -2.24. The molecular weight excluding hydrogens is 284 g/mol. The molecule has 3 rings (SSSR count). The van der Waals surface area contributed by atoms with E-state index in [4.69, 9.17) is 6.42 Å². The van der Waals surface area contributed by atoms with E-state index in [1.807, 2.05) is 18.2 Å². The van der Waals surface area contributed by atoms with Gasteiger partial charge in [-0.2, -0.15) is 0 Å². The summed E-state index contributed by atoms with van der Waals surface area (Å²) < 4.78 is -0.390. The predicted octanol–water partition coefficient (Wildman–Crippen LogP) is 5.30. The van der Waals surface area contributed by atoms with Crippen molar-refractivity contribution in [1.82, 2.24) is 0 Å². The van der Waals surface area contributed by atoms with Gasteiger partial charge in [-0.3, -0.25) is 0 Å². The van der Waals surface area contributed by atoms with Crippen molar-refractivity contribution >= 4 is 11.8 Å². The third-order valence-corrected chi connectivity index (χ3v) is 4.88. The highest BCUT2D eigenvalue weighted by Crippen LogP contribution is 2.47. The average Bonchev–Trinajstić information content (AvgIpc) is 2.62. The molecule has 0 aliphatic rings. The fraction of sp³-hybridized carbons (Fsp3) is 0.0476. The molecule has 0 spiro atoms. The van der Waals surface area contributed by atoms with E-state index in [9.17, 15) is 0 Å². The highest BCUT2D eigenvalue weighted by molar-refractivity contribution is 8.05. The first kappa shape index (κ1) is 14.5. The lowest BCUT2D eigenvalue weighted by atomic mass is 9.84. The minimum absolute atomic E-state index is 0.390. The zero-order valence-electron chi connectivity index (χ0n) is 12.1. The zero-order valence-corrected chi connectivity index (χ0v) is 13.0. The third kappa shape index (κ3) is 2.54. The average molecular weight is 300 g/mol. The second kappa shape index (κ2) is 6.56. The monoisotopic (exact) mass is 300 g/mol. The number of terminal acetylenes is 1. The van der Waals surface area contributed by atoms with Crippen LogP contribution >= 0.6 is 11.8 Å². The van der Waals surface area contributed by atoms with Gasteiger partial charge in [0.2, 0.25) is 0 Å². The molecule has 3 aromatic carbocycles. The highest BCUT2D eigenvalue weighted by Gasteiger charge is 2.36. The maximum Gasteiger partial charge on any atom is 0.103 e. The van der Waals surface area contributed by atoms with Crippen LogP contribution in [0.3, 0.4) is 0 Å². The minimum Gasteiger partial charge on any atom is -0.108 e. The Bertz CT molecular complexity index is 659. The lowest BCUT2D eigenvalue weighted by Gasteiger charge is -2.33. The standard InChI is InChI=1S/C21H16S/c1-2-22-21(18-12-6-3-7-13-18,19-14-8-4-9-15-19)20-16-10-5-11-17-20/h1,3-17H. The van der Waals surface area contributed by atoms with Crippen LogP contribution in [0.25, 0.3) is 0 Å². The molecule has 106 valence electrons. The highest BCUT2D eigenvalue weighted by atomic mass is 32.2. The maximum atomic E-state index is 5.74. The van der Waals surface area contributed by atoms with Crippen LogP contribution in [0, 0.1) is 11.7 Å². The lowest BCUT2D eigenvalue weighted by molar-refractivity contribution is 0.901. The quantitative estimate of drug-likeness (QED) is 0.465. The first-order chi connectivity index (χ1) is 10.9. The fourth-order valence-electron chi connectivity index (χ4n) is 2.78. The van der Waals surface area contributed by atoms with Crippen molar-refractivity contribution in [3.63, 3.8) is 0 Å². The topological polar surface area (TPSA) is 0 Å². The maximum absolute atomic E-state index is 5.74. The van der Waals surface area contributed by atoms with Gasteiger partial charge in [-0.15, -0.1) is 6.42 Å². The fourth-order valence-corrected chi connectivity index (χ4v) is 3.72. The molecule has 0 amide bonds. The van der Waals surface area contributed by atoms with Crippen LogP contribution in [0.2, 0.25) is 0 Å². The first-order valence-electron chi connectivity index (χ1n) is 7.18. The normalized spacial score (nSPS) is 10.9. The van der Waals surface area contributed by atoms with Crippen molar-refractivity contribution < 1.29 is 0 Å². The van der Waals surface area contributed by atoms with Crippen molar-refractivity contribution in [2.45, 2.75) is 4.75 Å². The Morgan fingerprint density at radius 2 is 0.909 bits per heavy atom. The Labute approximate surface area is 136 Å². The molecule has 0 radical (unpaired) electrons. The van der Waals surface area contributed by atoms with Gasteiger partial charge in [0.25, 0.3) is 0 Å². The van der Waals surface area contributed by atoms with Gasteiger partial charge in [-0.1, -0.05) is 103 Å². The Kier molecular flexibility index (Phi) is 4.32. The molecule has 0 bridgehead atoms. The van der Waals surface area contributed by atoms with Gasteiger partial charge in [0.15, 0.2) is 0 Å². The van der Waals surface area contributed by atoms with E-state index in [2.05, 4.69) is 78.0 Å². The van der Waals surface area contributed by atoms with Crippen molar-refractivity contribution in [3.8, 4) is 11.7 Å². The van der Waals surface area contributed by atoms with Crippen LogP contribution in [0.1, 0.15) is 16.7 Å². The van der Waals surface area contributed by atoms with Gasteiger partial charge in [-0.05, 0) is 21.9 Å². The molecule has 0 saturated heterocycles. The van der Waals surface area contributed by atoms with E-state index in [-0.39, 0.29) is 0 Å². The molecule has 0 heterocycles. The number of hydrogen-bond donors (Lipinski definition) is 0. The number of thioether (sulfide) groups is 1. The molecular formula is C21H16S. The molecule has 0 aliphatic heterocycles. The summed E-state index contributed by atoms with van der Waals surface area (Å²) in [6.45, 7) is 0. The molecule has 0 aromatic heterocycles. The van der Waals surface area contributed by atoms with Crippen molar-refractivity contribution in [3.05, 3.63) is 108 Å². The summed E-state index contributed by atoms with van der Waals surface area (Å²) in [6.07, 6.45) is 5.74. The van der Waals surface area contributed by atoms with Crippen LogP contribution in [0.15, 0.2) is 91.0 Å². The number of rotatable bonds is 4. The molecule has 22 heavy (non-hydrogen) atoms. The number of benzene rings is 3. The SMILES string of the molecule is C#CSC(c1ccccc1)(c1ccccc1)c1ccccc1. The largest absolute Gasteiger partial charge is 0.108 e. The van der Waals surface area contributed by atoms with Gasteiger partial charge in [-0.25, -0.2) is 0 Å². The van der Waals surface area contributed by atoms with E-state index in [1.165, 1.54) is 28.5 Å². The van der Waals surface area contributed by atoms with Crippen LogP contribution in [0.5, 0.6) is 0 Å². The second-order valence-corrected chi connectivity index (χ2v) is 6.05. The van der Waals surface area contributed by atoms with E-state index >= 15 is 0 Å². The van der Waals surface area contributed by atoms with Gasteiger partial charge in [0.05, 0.1) is 0 Å². The first-order valence-corrected chi connectivity index (χ1v) is 8.00. The third-order valence-electron chi connectivity index (χ3n) is 3.75. The van der Waals surface area contributed by atoms with Crippen LogP contribution in [-0.4, -0.2) is 0 Å². The number of hydrogen-bond acceptors (Lipinski definition) is 1. The van der Waals surface area contributed by atoms with Crippen LogP contribution in [-0.2, 0) is 4.75 Å². The smallest absolute Gasteiger partial charge is 0.103 e. The Morgan fingerprint density at radius 1 is 0.591 bits per heavy atom. The summed E-state index contributed by atoms with van der Waals surface area (Å²) in [5.74, 6) is 0. The Morgan fingerprint density at radius 3 is 1.18 bits per heavy atom. The molecule has 0 N–H and O–H groups in total. The molecule has 0 atom stereocenters. The van der Waals surface area contributed by atoms with Crippen molar-refractivity contribution in [2.75, 3.05) is 0 Å². The zero-order chi connectivity index (χ0) is 15.3. The summed E-state index contributed by atoms with van der Waals surface area (Å²) in [7, 11) is 0. The Hall–Kier alpha value is -2.43. The molecule has 0 unspecified atom stereocenters. The molecule has 1 heteroatoms. The van der Waals surface area contributed by atoms with Crippen LogP contribution < -0.4 is 0 Å². The summed E-state index contributed by atoms with van der Waals surface area (Å²) in [6, 6.07) is 31.3. The molecule has 0 fully saturated rings. The summed E-state index contributed by atoms with van der Waals surface area (Å²) in [5.41, 5.74) is 3.57. The molecule has 0 aliphatic carbocycles. The summed E-state index contributed by atoms with van der Waals surface area (Å²) in [5, 5.41) is 2.82. The van der Waals surface area contributed by atoms with E-state index < -0.39 is 4.75 Å².